The van der Waals surface area contributed by atoms with E-state index in [2.05, 4.69) is 0 Å². The molecule has 4 rings (SSSR count). The zero-order chi connectivity index (χ0) is 21.3. The highest BCUT2D eigenvalue weighted by Crippen LogP contribution is 2.32. The minimum absolute atomic E-state index is 0.0975. The molecule has 0 saturated carbocycles. The van der Waals surface area contributed by atoms with Gasteiger partial charge in [0, 0.05) is 15.8 Å². The highest BCUT2D eigenvalue weighted by molar-refractivity contribution is 7.90. The Balaban J connectivity index is 2.01. The van der Waals surface area contributed by atoms with Crippen LogP contribution in [0.25, 0.3) is 10.9 Å². The topological polar surface area (TPSA) is 73.2 Å². The maximum Gasteiger partial charge on any atom is 0.268 e. The van der Waals surface area contributed by atoms with E-state index in [4.69, 9.17) is 0 Å². The van der Waals surface area contributed by atoms with E-state index in [9.17, 15) is 17.4 Å². The van der Waals surface area contributed by atoms with Crippen molar-refractivity contribution in [3.8, 4) is 0 Å². The Hall–Kier alpha value is -3.03. The SMILES string of the molecule is CC(=O)c1c(C[S@@](=O)c2ccccc2)n(S(=O)(=O)c2ccccc2)c2ccccc12. The third-order valence-corrected chi connectivity index (χ3v) is 7.93. The molecular formula is C23H19NO4S2. The van der Waals surface area contributed by atoms with Gasteiger partial charge in [-0.15, -0.1) is 0 Å². The van der Waals surface area contributed by atoms with Crippen LogP contribution in [0.5, 0.6) is 0 Å². The van der Waals surface area contributed by atoms with E-state index < -0.39 is 20.8 Å². The molecule has 0 radical (unpaired) electrons. The summed E-state index contributed by atoms with van der Waals surface area (Å²) in [7, 11) is -5.53. The van der Waals surface area contributed by atoms with Crippen molar-refractivity contribution < 1.29 is 17.4 Å². The quantitative estimate of drug-likeness (QED) is 0.420. The molecule has 0 unspecified atom stereocenters. The molecule has 0 fully saturated rings. The molecule has 0 saturated heterocycles. The number of hydrogen-bond acceptors (Lipinski definition) is 4. The van der Waals surface area contributed by atoms with Gasteiger partial charge in [-0.3, -0.25) is 9.00 Å². The molecule has 0 bridgehead atoms. The summed E-state index contributed by atoms with van der Waals surface area (Å²) < 4.78 is 41.4. The predicted molar refractivity (Wildman–Crippen MR) is 118 cm³/mol. The molecule has 0 aliphatic heterocycles. The number of rotatable bonds is 6. The first-order valence-electron chi connectivity index (χ1n) is 9.28. The predicted octanol–water partition coefficient (Wildman–Crippen LogP) is 4.39. The van der Waals surface area contributed by atoms with Gasteiger partial charge in [-0.25, -0.2) is 12.4 Å². The maximum atomic E-state index is 13.6. The lowest BCUT2D eigenvalue weighted by Crippen LogP contribution is -2.18. The summed E-state index contributed by atoms with van der Waals surface area (Å²) in [6, 6.07) is 23.7. The summed E-state index contributed by atoms with van der Waals surface area (Å²) in [6.07, 6.45) is 0. The average molecular weight is 438 g/mol. The number of benzene rings is 3. The van der Waals surface area contributed by atoms with Crippen LogP contribution in [0.1, 0.15) is 23.0 Å². The highest BCUT2D eigenvalue weighted by Gasteiger charge is 2.29. The zero-order valence-corrected chi connectivity index (χ0v) is 17.8. The molecule has 0 amide bonds. The Labute approximate surface area is 177 Å². The van der Waals surface area contributed by atoms with Crippen LogP contribution in [0, 0.1) is 0 Å². The fourth-order valence-corrected chi connectivity index (χ4v) is 6.35. The van der Waals surface area contributed by atoms with Gasteiger partial charge >= 0.3 is 0 Å². The van der Waals surface area contributed by atoms with Crippen molar-refractivity contribution in [1.29, 1.82) is 0 Å². The molecule has 1 heterocycles. The van der Waals surface area contributed by atoms with Gasteiger partial charge in [-0.2, -0.15) is 0 Å². The molecule has 1 atom stereocenters. The largest absolute Gasteiger partial charge is 0.294 e. The minimum Gasteiger partial charge on any atom is -0.294 e. The molecule has 1 aromatic heterocycles. The van der Waals surface area contributed by atoms with Gasteiger partial charge in [0.05, 0.1) is 32.7 Å². The Kier molecular flexibility index (Phi) is 5.40. The van der Waals surface area contributed by atoms with Gasteiger partial charge < -0.3 is 0 Å². The average Bonchev–Trinajstić information content (AvgIpc) is 3.09. The van der Waals surface area contributed by atoms with Gasteiger partial charge in [0.1, 0.15) is 0 Å². The number of aromatic nitrogens is 1. The fourth-order valence-electron chi connectivity index (χ4n) is 3.54. The Bertz CT molecular complexity index is 1360. The number of para-hydroxylation sites is 1. The van der Waals surface area contributed by atoms with Crippen LogP contribution < -0.4 is 0 Å². The van der Waals surface area contributed by atoms with E-state index in [1.807, 2.05) is 6.07 Å². The third-order valence-electron chi connectivity index (χ3n) is 4.83. The van der Waals surface area contributed by atoms with E-state index in [1.54, 1.807) is 66.7 Å². The Morgan fingerprint density at radius 1 is 0.867 bits per heavy atom. The fraction of sp³-hybridized carbons (Fsp3) is 0.0870. The standard InChI is InChI=1S/C23H19NO4S2/c1-17(25)23-20-14-8-9-15-21(20)24(30(27,28)19-12-6-3-7-13-19)22(23)16-29(26)18-10-4-2-5-11-18/h2-15H,16H2,1H3/t29-/m1/s1. The van der Waals surface area contributed by atoms with Gasteiger partial charge in [-0.05, 0) is 37.3 Å². The van der Waals surface area contributed by atoms with Crippen LogP contribution in [-0.2, 0) is 26.6 Å². The van der Waals surface area contributed by atoms with Crippen molar-refractivity contribution in [3.05, 3.63) is 96.2 Å². The normalized spacial score (nSPS) is 12.7. The van der Waals surface area contributed by atoms with Crippen LogP contribution in [0.4, 0.5) is 0 Å². The van der Waals surface area contributed by atoms with Crippen molar-refractivity contribution in [2.24, 2.45) is 0 Å². The Morgan fingerprint density at radius 3 is 2.07 bits per heavy atom. The van der Waals surface area contributed by atoms with Crippen LogP contribution in [0.2, 0.25) is 0 Å². The molecular weight excluding hydrogens is 418 g/mol. The molecule has 7 heteroatoms. The number of hydrogen-bond donors (Lipinski definition) is 0. The number of Topliss-reactive ketones (excluding diaryl/α,β-unsaturated/α-hetero) is 1. The third kappa shape index (κ3) is 3.51. The van der Waals surface area contributed by atoms with E-state index >= 15 is 0 Å². The second-order valence-electron chi connectivity index (χ2n) is 6.78. The maximum absolute atomic E-state index is 13.6. The van der Waals surface area contributed by atoms with E-state index in [0.717, 1.165) is 0 Å². The van der Waals surface area contributed by atoms with Crippen LogP contribution >= 0.6 is 0 Å². The van der Waals surface area contributed by atoms with E-state index in [-0.39, 0.29) is 27.7 Å². The molecule has 3 aromatic carbocycles. The van der Waals surface area contributed by atoms with Crippen molar-refractivity contribution in [2.75, 3.05) is 0 Å². The summed E-state index contributed by atoms with van der Waals surface area (Å²) in [5.41, 5.74) is 0.913. The monoisotopic (exact) mass is 437 g/mol. The highest BCUT2D eigenvalue weighted by atomic mass is 32.2. The summed E-state index contributed by atoms with van der Waals surface area (Å²) in [5.74, 6) is -0.368. The van der Waals surface area contributed by atoms with Crippen LogP contribution in [0.3, 0.4) is 0 Å². The van der Waals surface area contributed by atoms with Gasteiger partial charge in [-0.1, -0.05) is 54.6 Å². The molecule has 152 valence electrons. The van der Waals surface area contributed by atoms with Crippen LogP contribution in [-0.4, -0.2) is 22.4 Å². The number of ketones is 1. The summed E-state index contributed by atoms with van der Waals surface area (Å²) in [6.45, 7) is 1.40. The first kappa shape index (κ1) is 20.3. The van der Waals surface area contributed by atoms with Crippen molar-refractivity contribution >= 4 is 37.5 Å². The number of fused-ring (bicyclic) bond motifs is 1. The van der Waals surface area contributed by atoms with Gasteiger partial charge in [0.15, 0.2) is 5.78 Å². The first-order chi connectivity index (χ1) is 14.4. The van der Waals surface area contributed by atoms with E-state index in [1.165, 1.54) is 23.0 Å². The molecule has 0 N–H and O–H groups in total. The van der Waals surface area contributed by atoms with Crippen molar-refractivity contribution in [1.82, 2.24) is 3.97 Å². The molecule has 0 aliphatic rings. The van der Waals surface area contributed by atoms with Gasteiger partial charge in [0.2, 0.25) is 0 Å². The number of nitrogens with zero attached hydrogens (tertiary/aromatic N) is 1. The molecule has 0 spiro atoms. The van der Waals surface area contributed by atoms with Gasteiger partial charge in [0.25, 0.3) is 10.0 Å². The zero-order valence-electron chi connectivity index (χ0n) is 16.2. The lowest BCUT2D eigenvalue weighted by atomic mass is 10.1. The van der Waals surface area contributed by atoms with Crippen LogP contribution in [0.15, 0.2) is 94.7 Å². The smallest absolute Gasteiger partial charge is 0.268 e. The number of carbonyl (C=O) groups excluding carboxylic acids is 1. The van der Waals surface area contributed by atoms with Crippen molar-refractivity contribution in [2.45, 2.75) is 22.5 Å². The number of carbonyl (C=O) groups is 1. The summed E-state index contributed by atoms with van der Waals surface area (Å²) in [4.78, 5) is 13.2. The minimum atomic E-state index is -4.01. The lowest BCUT2D eigenvalue weighted by Gasteiger charge is -2.13. The second-order valence-corrected chi connectivity index (χ2v) is 10.0. The second kappa shape index (κ2) is 8.01. The molecule has 0 aliphatic carbocycles. The molecule has 4 aromatic rings. The molecule has 30 heavy (non-hydrogen) atoms. The Morgan fingerprint density at radius 2 is 1.43 bits per heavy atom. The molecule has 5 nitrogen and oxygen atoms in total. The summed E-state index contributed by atoms with van der Waals surface area (Å²) in [5, 5.41) is 0.532. The first-order valence-corrected chi connectivity index (χ1v) is 12.0. The van der Waals surface area contributed by atoms with E-state index in [0.29, 0.717) is 15.8 Å². The lowest BCUT2D eigenvalue weighted by molar-refractivity contribution is 0.101. The van der Waals surface area contributed by atoms with Crippen molar-refractivity contribution in [3.63, 3.8) is 0 Å². The summed E-state index contributed by atoms with van der Waals surface area (Å²) >= 11 is 0.